The molecule has 1 atom stereocenters. The first kappa shape index (κ1) is 16.3. The van der Waals surface area contributed by atoms with Gasteiger partial charge in [-0.3, -0.25) is 9.78 Å². The van der Waals surface area contributed by atoms with E-state index in [1.54, 1.807) is 12.1 Å². The maximum absolute atomic E-state index is 12.2. The molecule has 1 aromatic heterocycles. The number of carbonyl (C=O) groups excluding carboxylic acids is 1. The van der Waals surface area contributed by atoms with Crippen LogP contribution in [-0.4, -0.2) is 21.1 Å². The van der Waals surface area contributed by atoms with E-state index in [1.807, 2.05) is 12.1 Å². The number of nitrogens with zero attached hydrogens (tertiary/aromatic N) is 1. The number of rotatable bonds is 6. The normalized spacial score (nSPS) is 12.4. The summed E-state index contributed by atoms with van der Waals surface area (Å²) in [4.78, 5) is 25.5. The number of amides is 1. The van der Waals surface area contributed by atoms with Crippen LogP contribution in [0.1, 0.15) is 48.9 Å². The summed E-state index contributed by atoms with van der Waals surface area (Å²) in [6.45, 7) is 4.26. The van der Waals surface area contributed by atoms with Crippen LogP contribution in [0.4, 0.5) is 0 Å². The average Bonchev–Trinajstić information content (AvgIpc) is 2.91. The third-order valence-electron chi connectivity index (χ3n) is 3.33. The predicted molar refractivity (Wildman–Crippen MR) is 84.9 cm³/mol. The van der Waals surface area contributed by atoms with Gasteiger partial charge < -0.3 is 5.32 Å². The molecule has 22 heavy (non-hydrogen) atoms. The van der Waals surface area contributed by atoms with Crippen molar-refractivity contribution in [2.45, 2.75) is 32.7 Å². The standard InChI is InChI=1S/C15H19ClN4O2/c1-9(2)3-8-12(10-4-6-11(16)7-5-10)17-14(21)13-18-15(22)20-19-13/h4-7,9,12H,3,8H2,1-2H3,(H,17,21)(H2,18,19,20,22). The Morgan fingerprint density at radius 1 is 1.27 bits per heavy atom. The third-order valence-corrected chi connectivity index (χ3v) is 3.58. The average molecular weight is 323 g/mol. The summed E-state index contributed by atoms with van der Waals surface area (Å²) in [5, 5.41) is 9.38. The Morgan fingerprint density at radius 2 is 1.95 bits per heavy atom. The third kappa shape index (κ3) is 4.46. The topological polar surface area (TPSA) is 90.6 Å². The van der Waals surface area contributed by atoms with Gasteiger partial charge in [0.2, 0.25) is 5.82 Å². The summed E-state index contributed by atoms with van der Waals surface area (Å²) in [6.07, 6.45) is 1.75. The van der Waals surface area contributed by atoms with E-state index < -0.39 is 11.6 Å². The van der Waals surface area contributed by atoms with E-state index in [0.29, 0.717) is 10.9 Å². The second-order valence-electron chi connectivity index (χ2n) is 5.58. The maximum Gasteiger partial charge on any atom is 0.341 e. The number of H-pyrrole nitrogens is 2. The highest BCUT2D eigenvalue weighted by molar-refractivity contribution is 6.30. The molecule has 0 fully saturated rings. The number of carbonyl (C=O) groups is 1. The zero-order valence-corrected chi connectivity index (χ0v) is 13.3. The van der Waals surface area contributed by atoms with Crippen molar-refractivity contribution in [2.75, 3.05) is 0 Å². The maximum atomic E-state index is 12.2. The molecular formula is C15H19ClN4O2. The minimum absolute atomic E-state index is 0.0199. The van der Waals surface area contributed by atoms with Crippen LogP contribution in [0.2, 0.25) is 5.02 Å². The highest BCUT2D eigenvalue weighted by Gasteiger charge is 2.18. The summed E-state index contributed by atoms with van der Waals surface area (Å²) in [7, 11) is 0. The fourth-order valence-corrected chi connectivity index (χ4v) is 2.25. The fourth-order valence-electron chi connectivity index (χ4n) is 2.12. The molecule has 0 bridgehead atoms. The summed E-state index contributed by atoms with van der Waals surface area (Å²) in [5.74, 6) is 0.0902. The van der Waals surface area contributed by atoms with Crippen molar-refractivity contribution in [1.82, 2.24) is 20.5 Å². The Kier molecular flexibility index (Phi) is 5.38. The van der Waals surface area contributed by atoms with Crippen LogP contribution in [0.25, 0.3) is 0 Å². The van der Waals surface area contributed by atoms with Crippen LogP contribution in [0.3, 0.4) is 0 Å². The van der Waals surface area contributed by atoms with E-state index in [-0.39, 0.29) is 11.9 Å². The van der Waals surface area contributed by atoms with Gasteiger partial charge in [-0.2, -0.15) is 0 Å². The van der Waals surface area contributed by atoms with Crippen molar-refractivity contribution in [3.8, 4) is 0 Å². The van der Waals surface area contributed by atoms with Crippen molar-refractivity contribution in [1.29, 1.82) is 0 Å². The van der Waals surface area contributed by atoms with E-state index in [1.165, 1.54) is 0 Å². The Labute approximate surface area is 133 Å². The summed E-state index contributed by atoms with van der Waals surface area (Å²) in [5.41, 5.74) is 0.464. The molecule has 1 amide bonds. The van der Waals surface area contributed by atoms with Crippen LogP contribution in [-0.2, 0) is 0 Å². The van der Waals surface area contributed by atoms with Gasteiger partial charge in [0.05, 0.1) is 6.04 Å². The van der Waals surface area contributed by atoms with Gasteiger partial charge in [-0.05, 0) is 36.5 Å². The number of nitrogens with one attached hydrogen (secondary N) is 3. The van der Waals surface area contributed by atoms with Gasteiger partial charge in [0.25, 0.3) is 5.91 Å². The van der Waals surface area contributed by atoms with Crippen molar-refractivity contribution >= 4 is 17.5 Å². The van der Waals surface area contributed by atoms with E-state index >= 15 is 0 Å². The van der Waals surface area contributed by atoms with Gasteiger partial charge in [0, 0.05) is 5.02 Å². The van der Waals surface area contributed by atoms with Crippen molar-refractivity contribution in [3.05, 3.63) is 51.2 Å². The number of hydrogen-bond donors (Lipinski definition) is 3. The molecular weight excluding hydrogens is 304 g/mol. The molecule has 7 heteroatoms. The smallest absolute Gasteiger partial charge is 0.341 e. The number of halogens is 1. The van der Waals surface area contributed by atoms with Gasteiger partial charge in [-0.15, -0.1) is 5.10 Å². The zero-order valence-electron chi connectivity index (χ0n) is 12.5. The number of hydrogen-bond acceptors (Lipinski definition) is 3. The van der Waals surface area contributed by atoms with Crippen molar-refractivity contribution < 1.29 is 4.79 Å². The Morgan fingerprint density at radius 3 is 2.50 bits per heavy atom. The molecule has 2 rings (SSSR count). The molecule has 0 spiro atoms. The SMILES string of the molecule is CC(C)CCC(NC(=O)c1n[nH]c(=O)[nH]1)c1ccc(Cl)cc1. The Hall–Kier alpha value is -2.08. The van der Waals surface area contributed by atoms with Crippen LogP contribution < -0.4 is 11.0 Å². The number of benzene rings is 1. The molecule has 1 unspecified atom stereocenters. The number of aromatic amines is 2. The van der Waals surface area contributed by atoms with E-state index in [4.69, 9.17) is 11.6 Å². The number of aromatic nitrogens is 3. The van der Waals surface area contributed by atoms with Gasteiger partial charge in [0.1, 0.15) is 0 Å². The molecule has 0 aliphatic rings. The van der Waals surface area contributed by atoms with E-state index in [2.05, 4.69) is 34.3 Å². The van der Waals surface area contributed by atoms with Gasteiger partial charge in [-0.1, -0.05) is 37.6 Å². The molecule has 0 aliphatic carbocycles. The molecule has 6 nitrogen and oxygen atoms in total. The summed E-state index contributed by atoms with van der Waals surface area (Å²) >= 11 is 5.91. The van der Waals surface area contributed by atoms with Crippen LogP contribution >= 0.6 is 11.6 Å². The highest BCUT2D eigenvalue weighted by atomic mass is 35.5. The fraction of sp³-hybridized carbons (Fsp3) is 0.400. The molecule has 1 aromatic carbocycles. The minimum Gasteiger partial charge on any atom is -0.343 e. The quantitative estimate of drug-likeness (QED) is 0.763. The lowest BCUT2D eigenvalue weighted by Crippen LogP contribution is -2.30. The molecule has 0 aliphatic heterocycles. The molecule has 118 valence electrons. The lowest BCUT2D eigenvalue weighted by molar-refractivity contribution is 0.0923. The van der Waals surface area contributed by atoms with E-state index in [9.17, 15) is 9.59 Å². The molecule has 1 heterocycles. The Balaban J connectivity index is 2.14. The summed E-state index contributed by atoms with van der Waals surface area (Å²) in [6, 6.07) is 7.21. The van der Waals surface area contributed by atoms with Gasteiger partial charge in [0.15, 0.2) is 0 Å². The first-order chi connectivity index (χ1) is 10.5. The molecule has 0 saturated heterocycles. The van der Waals surface area contributed by atoms with Crippen molar-refractivity contribution in [2.24, 2.45) is 5.92 Å². The Bertz CT molecular complexity index is 675. The second-order valence-corrected chi connectivity index (χ2v) is 6.01. The highest BCUT2D eigenvalue weighted by Crippen LogP contribution is 2.23. The minimum atomic E-state index is -0.504. The molecule has 2 aromatic rings. The molecule has 0 radical (unpaired) electrons. The van der Waals surface area contributed by atoms with Crippen LogP contribution in [0.5, 0.6) is 0 Å². The van der Waals surface area contributed by atoms with Crippen LogP contribution in [0, 0.1) is 5.92 Å². The van der Waals surface area contributed by atoms with Crippen molar-refractivity contribution in [3.63, 3.8) is 0 Å². The molecule has 0 saturated carbocycles. The lowest BCUT2D eigenvalue weighted by atomic mass is 9.97. The first-order valence-electron chi connectivity index (χ1n) is 7.16. The second kappa shape index (κ2) is 7.26. The monoisotopic (exact) mass is 322 g/mol. The first-order valence-corrected chi connectivity index (χ1v) is 7.54. The zero-order chi connectivity index (χ0) is 16.1. The lowest BCUT2D eigenvalue weighted by Gasteiger charge is -2.19. The predicted octanol–water partition coefficient (Wildman–Crippen LogP) is 2.66. The largest absolute Gasteiger partial charge is 0.343 e. The van der Waals surface area contributed by atoms with E-state index in [0.717, 1.165) is 18.4 Å². The summed E-state index contributed by atoms with van der Waals surface area (Å²) < 4.78 is 0. The molecule has 3 N–H and O–H groups in total. The van der Waals surface area contributed by atoms with Gasteiger partial charge >= 0.3 is 5.69 Å². The van der Waals surface area contributed by atoms with Crippen LogP contribution in [0.15, 0.2) is 29.1 Å². The van der Waals surface area contributed by atoms with Gasteiger partial charge in [-0.25, -0.2) is 9.89 Å².